The van der Waals surface area contributed by atoms with E-state index in [0.29, 0.717) is 18.5 Å². The van der Waals surface area contributed by atoms with E-state index in [-0.39, 0.29) is 11.8 Å². The summed E-state index contributed by atoms with van der Waals surface area (Å²) in [4.78, 5) is 33.3. The van der Waals surface area contributed by atoms with Gasteiger partial charge in [-0.3, -0.25) is 19.6 Å². The fourth-order valence-electron chi connectivity index (χ4n) is 2.60. The fourth-order valence-corrected chi connectivity index (χ4v) is 2.60. The summed E-state index contributed by atoms with van der Waals surface area (Å²) in [6.07, 6.45) is 5.13. The molecule has 0 fully saturated rings. The van der Waals surface area contributed by atoms with Gasteiger partial charge in [-0.15, -0.1) is 0 Å². The van der Waals surface area contributed by atoms with Crippen LogP contribution in [0.1, 0.15) is 21.6 Å². The number of hydrogen-bond acceptors (Lipinski definition) is 4. The average Bonchev–Trinajstić information content (AvgIpc) is 2.73. The monoisotopic (exact) mass is 360 g/mol. The predicted molar refractivity (Wildman–Crippen MR) is 102 cm³/mol. The molecule has 0 aliphatic heterocycles. The Morgan fingerprint density at radius 2 is 1.74 bits per heavy atom. The maximum Gasteiger partial charge on any atom is 0.253 e. The zero-order chi connectivity index (χ0) is 18.9. The first kappa shape index (κ1) is 18.3. The molecule has 2 heterocycles. The first-order chi connectivity index (χ1) is 13.2. The zero-order valence-corrected chi connectivity index (χ0v) is 14.7. The van der Waals surface area contributed by atoms with Crippen molar-refractivity contribution in [2.24, 2.45) is 0 Å². The van der Waals surface area contributed by atoms with Gasteiger partial charge in [0.15, 0.2) is 0 Å². The molecule has 0 saturated carbocycles. The lowest BCUT2D eigenvalue weighted by Crippen LogP contribution is -2.47. The van der Waals surface area contributed by atoms with Gasteiger partial charge >= 0.3 is 0 Å². The Hall–Kier alpha value is -3.54. The van der Waals surface area contributed by atoms with Gasteiger partial charge in [0.05, 0.1) is 17.8 Å². The van der Waals surface area contributed by atoms with E-state index in [1.807, 2.05) is 48.5 Å². The smallest absolute Gasteiger partial charge is 0.253 e. The van der Waals surface area contributed by atoms with Crippen LogP contribution in [-0.4, -0.2) is 27.8 Å². The number of pyridine rings is 2. The van der Waals surface area contributed by atoms with E-state index in [2.05, 4.69) is 20.6 Å². The molecule has 2 aromatic heterocycles. The summed E-state index contributed by atoms with van der Waals surface area (Å²) >= 11 is 0. The van der Waals surface area contributed by atoms with Crippen molar-refractivity contribution in [3.05, 3.63) is 96.1 Å². The third-order valence-electron chi connectivity index (χ3n) is 4.00. The molecular formula is C21H20N4O2. The zero-order valence-electron chi connectivity index (χ0n) is 14.7. The van der Waals surface area contributed by atoms with E-state index < -0.39 is 6.04 Å². The summed E-state index contributed by atoms with van der Waals surface area (Å²) in [6.45, 7) is 0.299. The average molecular weight is 360 g/mol. The Morgan fingerprint density at radius 3 is 2.44 bits per heavy atom. The van der Waals surface area contributed by atoms with Gasteiger partial charge in [-0.2, -0.15) is 0 Å². The molecule has 0 unspecified atom stereocenters. The molecule has 6 heteroatoms. The first-order valence-corrected chi connectivity index (χ1v) is 8.65. The van der Waals surface area contributed by atoms with Crippen molar-refractivity contribution in [1.29, 1.82) is 0 Å². The molecule has 0 aliphatic rings. The molecule has 0 bridgehead atoms. The van der Waals surface area contributed by atoms with Crippen molar-refractivity contribution in [3.63, 3.8) is 0 Å². The highest BCUT2D eigenvalue weighted by atomic mass is 16.2. The van der Waals surface area contributed by atoms with E-state index in [0.717, 1.165) is 11.3 Å². The molecule has 27 heavy (non-hydrogen) atoms. The number of carbonyl (C=O) groups excluding carboxylic acids is 2. The first-order valence-electron chi connectivity index (χ1n) is 8.65. The molecule has 0 saturated heterocycles. The van der Waals surface area contributed by atoms with Crippen LogP contribution < -0.4 is 10.6 Å². The van der Waals surface area contributed by atoms with Crippen molar-refractivity contribution >= 4 is 11.8 Å². The summed E-state index contributed by atoms with van der Waals surface area (Å²) in [7, 11) is 0. The predicted octanol–water partition coefficient (Wildman–Crippen LogP) is 2.13. The van der Waals surface area contributed by atoms with Crippen molar-refractivity contribution in [2.75, 3.05) is 0 Å². The number of benzene rings is 1. The van der Waals surface area contributed by atoms with Crippen LogP contribution in [0, 0.1) is 0 Å². The standard InChI is InChI=1S/C21H20N4O2/c26-20(17-9-6-11-22-14-17)25-19(13-16-7-2-1-3-8-16)21(27)24-15-18-10-4-5-12-23-18/h1-12,14,19H,13,15H2,(H,24,27)(H,25,26)/t19-/m0/s1. The van der Waals surface area contributed by atoms with Crippen LogP contribution in [0.25, 0.3) is 0 Å². The molecular weight excluding hydrogens is 340 g/mol. The highest BCUT2D eigenvalue weighted by Gasteiger charge is 2.22. The minimum Gasteiger partial charge on any atom is -0.349 e. The molecule has 1 aromatic carbocycles. The van der Waals surface area contributed by atoms with Crippen LogP contribution in [0.3, 0.4) is 0 Å². The van der Waals surface area contributed by atoms with Gasteiger partial charge in [-0.1, -0.05) is 36.4 Å². The number of carbonyl (C=O) groups is 2. The second kappa shape index (κ2) is 9.24. The van der Waals surface area contributed by atoms with Crippen molar-refractivity contribution < 1.29 is 9.59 Å². The van der Waals surface area contributed by atoms with E-state index >= 15 is 0 Å². The Labute approximate surface area is 157 Å². The van der Waals surface area contributed by atoms with Crippen LogP contribution in [0.2, 0.25) is 0 Å². The van der Waals surface area contributed by atoms with Crippen molar-refractivity contribution in [3.8, 4) is 0 Å². The Balaban J connectivity index is 1.70. The highest BCUT2D eigenvalue weighted by Crippen LogP contribution is 2.06. The third kappa shape index (κ3) is 5.47. The number of nitrogens with one attached hydrogen (secondary N) is 2. The third-order valence-corrected chi connectivity index (χ3v) is 4.00. The summed E-state index contributed by atoms with van der Waals surface area (Å²) in [6, 6.07) is 17.7. The van der Waals surface area contributed by atoms with Crippen LogP contribution in [0.4, 0.5) is 0 Å². The van der Waals surface area contributed by atoms with E-state index in [9.17, 15) is 9.59 Å². The van der Waals surface area contributed by atoms with E-state index in [1.165, 1.54) is 6.20 Å². The maximum absolute atomic E-state index is 12.7. The lowest BCUT2D eigenvalue weighted by Gasteiger charge is -2.18. The van der Waals surface area contributed by atoms with E-state index in [1.54, 1.807) is 24.5 Å². The van der Waals surface area contributed by atoms with Gasteiger partial charge in [-0.25, -0.2) is 0 Å². The molecule has 0 spiro atoms. The normalized spacial score (nSPS) is 11.4. The number of amides is 2. The van der Waals surface area contributed by atoms with Gasteiger partial charge < -0.3 is 10.6 Å². The van der Waals surface area contributed by atoms with Crippen LogP contribution in [0.15, 0.2) is 79.3 Å². The molecule has 136 valence electrons. The molecule has 0 aliphatic carbocycles. The molecule has 2 amide bonds. The lowest BCUT2D eigenvalue weighted by atomic mass is 10.0. The van der Waals surface area contributed by atoms with Gasteiger partial charge in [0.1, 0.15) is 6.04 Å². The molecule has 3 rings (SSSR count). The summed E-state index contributed by atoms with van der Waals surface area (Å²) < 4.78 is 0. The van der Waals surface area contributed by atoms with Crippen LogP contribution in [0.5, 0.6) is 0 Å². The molecule has 2 N–H and O–H groups in total. The van der Waals surface area contributed by atoms with Crippen LogP contribution in [-0.2, 0) is 17.8 Å². The van der Waals surface area contributed by atoms with Gasteiger partial charge in [0.25, 0.3) is 5.91 Å². The quantitative estimate of drug-likeness (QED) is 0.676. The largest absolute Gasteiger partial charge is 0.349 e. The minimum absolute atomic E-state index is 0.262. The number of nitrogens with zero attached hydrogens (tertiary/aromatic N) is 2. The van der Waals surface area contributed by atoms with Crippen molar-refractivity contribution in [2.45, 2.75) is 19.0 Å². The highest BCUT2D eigenvalue weighted by molar-refractivity contribution is 5.97. The summed E-state index contributed by atoms with van der Waals surface area (Å²) in [5.74, 6) is -0.598. The summed E-state index contributed by atoms with van der Waals surface area (Å²) in [5, 5.41) is 5.65. The second-order valence-electron chi connectivity index (χ2n) is 6.00. The SMILES string of the molecule is O=C(N[C@@H](Cc1ccccc1)C(=O)NCc1ccccn1)c1cccnc1. The Morgan fingerprint density at radius 1 is 0.926 bits per heavy atom. The second-order valence-corrected chi connectivity index (χ2v) is 6.00. The van der Waals surface area contributed by atoms with Crippen molar-refractivity contribution in [1.82, 2.24) is 20.6 Å². The molecule has 3 aromatic rings. The molecule has 0 radical (unpaired) electrons. The number of hydrogen-bond donors (Lipinski definition) is 2. The van der Waals surface area contributed by atoms with Gasteiger partial charge in [-0.05, 0) is 29.8 Å². The fraction of sp³-hybridized carbons (Fsp3) is 0.143. The Bertz CT molecular complexity index is 870. The number of rotatable bonds is 7. The number of aromatic nitrogens is 2. The molecule has 6 nitrogen and oxygen atoms in total. The van der Waals surface area contributed by atoms with Crippen LogP contribution >= 0.6 is 0 Å². The Kier molecular flexibility index (Phi) is 6.25. The van der Waals surface area contributed by atoms with Gasteiger partial charge in [0, 0.05) is 25.0 Å². The summed E-state index contributed by atoms with van der Waals surface area (Å²) in [5.41, 5.74) is 2.12. The minimum atomic E-state index is -0.705. The topological polar surface area (TPSA) is 84.0 Å². The lowest BCUT2D eigenvalue weighted by molar-refractivity contribution is -0.123. The van der Waals surface area contributed by atoms with E-state index in [4.69, 9.17) is 0 Å². The molecule has 1 atom stereocenters. The maximum atomic E-state index is 12.7. The van der Waals surface area contributed by atoms with Gasteiger partial charge in [0.2, 0.25) is 5.91 Å².